The van der Waals surface area contributed by atoms with E-state index in [2.05, 4.69) is 10.5 Å². The van der Waals surface area contributed by atoms with Gasteiger partial charge >= 0.3 is 5.97 Å². The first-order valence-electron chi connectivity index (χ1n) is 6.45. The third-order valence-electron chi connectivity index (χ3n) is 2.65. The van der Waals surface area contributed by atoms with Gasteiger partial charge in [-0.2, -0.15) is 16.4 Å². The molecule has 110 valence electrons. The number of nitrogens with one attached hydrogen (secondary N) is 1. The van der Waals surface area contributed by atoms with Crippen molar-refractivity contribution in [1.82, 2.24) is 5.43 Å². The Bertz CT molecular complexity index is 609. The van der Waals surface area contributed by atoms with Crippen LogP contribution in [0, 0.1) is 5.82 Å². The van der Waals surface area contributed by atoms with Gasteiger partial charge < -0.3 is 10.2 Å². The molecule has 0 aliphatic carbocycles. The second-order valence-corrected chi connectivity index (χ2v) is 4.93. The number of halogens is 1. The number of hydrogen-bond donors (Lipinski definition) is 1. The minimum atomic E-state index is -0.470. The first kappa shape index (κ1) is 15.2. The van der Waals surface area contributed by atoms with Crippen molar-refractivity contribution in [3.05, 3.63) is 58.0 Å². The van der Waals surface area contributed by atoms with Gasteiger partial charge in [0.1, 0.15) is 5.82 Å². The average molecular weight is 306 g/mol. The second kappa shape index (κ2) is 7.54. The Kier molecular flexibility index (Phi) is 5.45. The van der Waals surface area contributed by atoms with Crippen molar-refractivity contribution in [1.29, 1.82) is 0 Å². The number of benzene rings is 1. The molecule has 1 N–H and O–H groups in total. The Balaban J connectivity index is 2.06. The zero-order valence-corrected chi connectivity index (χ0v) is 12.3. The van der Waals surface area contributed by atoms with Gasteiger partial charge in [0.2, 0.25) is 0 Å². The van der Waals surface area contributed by atoms with Crippen LogP contribution in [0.15, 0.2) is 46.2 Å². The van der Waals surface area contributed by atoms with Crippen LogP contribution < -0.4 is 5.43 Å². The Morgan fingerprint density at radius 3 is 2.71 bits per heavy atom. The Hall–Kier alpha value is -2.21. The number of rotatable bonds is 6. The van der Waals surface area contributed by atoms with E-state index in [0.29, 0.717) is 18.7 Å². The molecule has 1 heterocycles. The van der Waals surface area contributed by atoms with Gasteiger partial charge in [0.25, 0.3) is 0 Å². The molecule has 0 spiro atoms. The predicted octanol–water partition coefficient (Wildman–Crippen LogP) is 2.94. The summed E-state index contributed by atoms with van der Waals surface area (Å²) >= 11 is 1.48. The van der Waals surface area contributed by atoms with Gasteiger partial charge in [0, 0.05) is 10.9 Å². The van der Waals surface area contributed by atoms with Gasteiger partial charge in [-0.3, -0.25) is 0 Å². The molecule has 0 aliphatic heterocycles. The molecule has 0 saturated carbocycles. The lowest BCUT2D eigenvalue weighted by atomic mass is 10.2. The van der Waals surface area contributed by atoms with E-state index in [1.807, 2.05) is 10.8 Å². The molecular weight excluding hydrogens is 291 g/mol. The number of esters is 1. The van der Waals surface area contributed by atoms with E-state index in [-0.39, 0.29) is 11.5 Å². The van der Waals surface area contributed by atoms with E-state index in [1.54, 1.807) is 25.1 Å². The molecule has 0 unspecified atom stereocenters. The van der Waals surface area contributed by atoms with E-state index >= 15 is 0 Å². The first-order valence-corrected chi connectivity index (χ1v) is 7.39. The summed E-state index contributed by atoms with van der Waals surface area (Å²) in [6, 6.07) is 7.89. The minimum Gasteiger partial charge on any atom is -0.461 e. The zero-order chi connectivity index (χ0) is 15.1. The smallest absolute Gasteiger partial charge is 0.359 e. The van der Waals surface area contributed by atoms with Crippen LogP contribution in [-0.4, -0.2) is 18.3 Å². The highest BCUT2D eigenvalue weighted by atomic mass is 32.1. The molecule has 0 fully saturated rings. The fraction of sp³-hybridized carbons (Fsp3) is 0.200. The molecule has 1 aromatic carbocycles. The van der Waals surface area contributed by atoms with Crippen molar-refractivity contribution in [2.75, 3.05) is 6.61 Å². The summed E-state index contributed by atoms with van der Waals surface area (Å²) in [6.07, 6.45) is 0. The van der Waals surface area contributed by atoms with Gasteiger partial charge in [-0.1, -0.05) is 12.1 Å². The molecule has 4 nitrogen and oxygen atoms in total. The fourth-order valence-corrected chi connectivity index (χ4v) is 2.28. The molecule has 0 amide bonds. The first-order chi connectivity index (χ1) is 10.2. The minimum absolute atomic E-state index is 0.236. The highest BCUT2D eigenvalue weighted by molar-refractivity contribution is 7.08. The van der Waals surface area contributed by atoms with Gasteiger partial charge in [-0.25, -0.2) is 9.18 Å². The lowest BCUT2D eigenvalue weighted by molar-refractivity contribution is -0.134. The summed E-state index contributed by atoms with van der Waals surface area (Å²) in [5.74, 6) is -0.754. The van der Waals surface area contributed by atoms with Crippen LogP contribution in [0.1, 0.15) is 18.1 Å². The van der Waals surface area contributed by atoms with Crippen LogP contribution in [0.25, 0.3) is 0 Å². The quantitative estimate of drug-likeness (QED) is 0.507. The molecule has 21 heavy (non-hydrogen) atoms. The van der Waals surface area contributed by atoms with E-state index in [4.69, 9.17) is 4.74 Å². The third-order valence-corrected chi connectivity index (χ3v) is 3.33. The maximum atomic E-state index is 12.8. The normalized spacial score (nSPS) is 11.2. The Morgan fingerprint density at radius 2 is 2.10 bits per heavy atom. The van der Waals surface area contributed by atoms with E-state index in [1.165, 1.54) is 23.5 Å². The monoisotopic (exact) mass is 306 g/mol. The predicted molar refractivity (Wildman–Crippen MR) is 80.7 cm³/mol. The SMILES string of the molecule is CCOC(=O)/C(=N/NCc1ccc(F)cc1)c1ccsc1. The second-order valence-electron chi connectivity index (χ2n) is 4.15. The summed E-state index contributed by atoms with van der Waals surface area (Å²) in [4.78, 5) is 11.9. The fourth-order valence-electron chi connectivity index (χ4n) is 1.64. The molecule has 2 aromatic rings. The summed E-state index contributed by atoms with van der Waals surface area (Å²) in [5, 5.41) is 7.80. The number of nitrogens with zero attached hydrogens (tertiary/aromatic N) is 1. The number of hydrazone groups is 1. The maximum Gasteiger partial charge on any atom is 0.359 e. The van der Waals surface area contributed by atoms with Crippen molar-refractivity contribution in [3.8, 4) is 0 Å². The number of carbonyl (C=O) groups excluding carboxylic acids is 1. The molecule has 0 saturated heterocycles. The Morgan fingerprint density at radius 1 is 1.33 bits per heavy atom. The van der Waals surface area contributed by atoms with Crippen LogP contribution in [0.5, 0.6) is 0 Å². The van der Waals surface area contributed by atoms with Crippen molar-refractivity contribution in [2.24, 2.45) is 5.10 Å². The van der Waals surface area contributed by atoms with Crippen LogP contribution >= 0.6 is 11.3 Å². The van der Waals surface area contributed by atoms with Crippen LogP contribution in [0.2, 0.25) is 0 Å². The average Bonchev–Trinajstić information content (AvgIpc) is 2.99. The van der Waals surface area contributed by atoms with Crippen LogP contribution in [0.4, 0.5) is 4.39 Å². The molecular formula is C15H15FN2O2S. The molecule has 0 bridgehead atoms. The largest absolute Gasteiger partial charge is 0.461 e. The number of hydrogen-bond acceptors (Lipinski definition) is 5. The lowest BCUT2D eigenvalue weighted by Gasteiger charge is -2.06. The van der Waals surface area contributed by atoms with E-state index < -0.39 is 5.97 Å². The van der Waals surface area contributed by atoms with Crippen molar-refractivity contribution in [2.45, 2.75) is 13.5 Å². The molecule has 0 radical (unpaired) electrons. The van der Waals surface area contributed by atoms with Crippen LogP contribution in [0.3, 0.4) is 0 Å². The third kappa shape index (κ3) is 4.39. The van der Waals surface area contributed by atoms with Gasteiger partial charge in [-0.15, -0.1) is 0 Å². The van der Waals surface area contributed by atoms with E-state index in [0.717, 1.165) is 5.56 Å². The topological polar surface area (TPSA) is 50.7 Å². The summed E-state index contributed by atoms with van der Waals surface area (Å²) in [7, 11) is 0. The summed E-state index contributed by atoms with van der Waals surface area (Å²) < 4.78 is 17.8. The number of carbonyl (C=O) groups is 1. The van der Waals surface area contributed by atoms with Crippen LogP contribution in [-0.2, 0) is 16.1 Å². The van der Waals surface area contributed by atoms with Gasteiger partial charge in [0.05, 0.1) is 13.2 Å². The highest BCUT2D eigenvalue weighted by Crippen LogP contribution is 2.09. The number of ether oxygens (including phenoxy) is 1. The maximum absolute atomic E-state index is 12.8. The molecule has 0 aliphatic rings. The van der Waals surface area contributed by atoms with Crippen molar-refractivity contribution >= 4 is 23.0 Å². The summed E-state index contributed by atoms with van der Waals surface area (Å²) in [5.41, 5.74) is 4.64. The summed E-state index contributed by atoms with van der Waals surface area (Å²) in [6.45, 7) is 2.43. The van der Waals surface area contributed by atoms with E-state index in [9.17, 15) is 9.18 Å². The Labute approximate surface area is 126 Å². The van der Waals surface area contributed by atoms with Crippen molar-refractivity contribution < 1.29 is 13.9 Å². The molecule has 0 atom stereocenters. The zero-order valence-electron chi connectivity index (χ0n) is 11.5. The molecule has 1 aromatic heterocycles. The van der Waals surface area contributed by atoms with Gasteiger partial charge in [-0.05, 0) is 36.1 Å². The molecule has 2 rings (SSSR count). The highest BCUT2D eigenvalue weighted by Gasteiger charge is 2.15. The standard InChI is InChI=1S/C15H15FN2O2S/c1-2-20-15(19)14(12-7-8-21-10-12)18-17-9-11-3-5-13(16)6-4-11/h3-8,10,17H,2,9H2,1H3/b18-14+. The lowest BCUT2D eigenvalue weighted by Crippen LogP contribution is -2.22. The van der Waals surface area contributed by atoms with Gasteiger partial charge in [0.15, 0.2) is 5.71 Å². The van der Waals surface area contributed by atoms with Crippen molar-refractivity contribution in [3.63, 3.8) is 0 Å². The number of thiophene rings is 1. The molecule has 6 heteroatoms.